The Morgan fingerprint density at radius 2 is 1.96 bits per heavy atom. The van der Waals surface area contributed by atoms with E-state index in [4.69, 9.17) is 8.83 Å². The largest absolute Gasteiger partial charge is 0.464 e. The number of piperidine rings is 1. The van der Waals surface area contributed by atoms with Crippen molar-refractivity contribution in [3.05, 3.63) is 70.2 Å². The standard InChI is InChI=1S/C21H22N2O4/c24-13-17-4-3-16(27-17)12-22-9-14-8-15(11-22)21-18(19-2-1-7-26-19)5-6-20(25)23(21)10-14/h1-7,14-15,24H,8-13H2. The third-order valence-electron chi connectivity index (χ3n) is 5.70. The molecule has 2 aliphatic heterocycles. The Labute approximate surface area is 156 Å². The average molecular weight is 366 g/mol. The number of aliphatic hydroxyl groups excluding tert-OH is 1. The van der Waals surface area contributed by atoms with Gasteiger partial charge in [-0.1, -0.05) is 0 Å². The molecule has 0 spiro atoms. The Morgan fingerprint density at radius 1 is 1.07 bits per heavy atom. The SMILES string of the molecule is O=c1ccc(-c2ccco2)c2n1CC1CC2CN(Cc2ccc(CO)o2)C1. The summed E-state index contributed by atoms with van der Waals surface area (Å²) in [5, 5.41) is 9.20. The summed E-state index contributed by atoms with van der Waals surface area (Å²) in [6.45, 7) is 3.22. The zero-order chi connectivity index (χ0) is 18.4. The first-order chi connectivity index (χ1) is 13.2. The maximum absolute atomic E-state index is 12.5. The Bertz CT molecular complexity index is 1000. The summed E-state index contributed by atoms with van der Waals surface area (Å²) in [6.07, 6.45) is 2.76. The lowest BCUT2D eigenvalue weighted by atomic mass is 9.81. The van der Waals surface area contributed by atoms with Crippen LogP contribution in [0.1, 0.15) is 29.6 Å². The smallest absolute Gasteiger partial charge is 0.250 e. The second kappa shape index (κ2) is 6.55. The maximum atomic E-state index is 12.5. The first kappa shape index (κ1) is 16.6. The molecule has 2 aliphatic rings. The van der Waals surface area contributed by atoms with Crippen LogP contribution in [0.3, 0.4) is 0 Å². The Morgan fingerprint density at radius 3 is 2.74 bits per heavy atom. The second-order valence-electron chi connectivity index (χ2n) is 7.58. The molecule has 6 heteroatoms. The lowest BCUT2D eigenvalue weighted by Crippen LogP contribution is -2.46. The number of pyridine rings is 1. The zero-order valence-corrected chi connectivity index (χ0v) is 15.0. The fourth-order valence-corrected chi connectivity index (χ4v) is 4.70. The minimum Gasteiger partial charge on any atom is -0.464 e. The number of fused-ring (bicyclic) bond motifs is 4. The van der Waals surface area contributed by atoms with Crippen molar-refractivity contribution < 1.29 is 13.9 Å². The first-order valence-corrected chi connectivity index (χ1v) is 9.39. The monoisotopic (exact) mass is 366 g/mol. The molecular formula is C21H22N2O4. The van der Waals surface area contributed by atoms with Crippen LogP contribution in [0.4, 0.5) is 0 Å². The third kappa shape index (κ3) is 2.95. The van der Waals surface area contributed by atoms with Crippen LogP contribution in [0.5, 0.6) is 0 Å². The number of aliphatic hydroxyl groups is 1. The van der Waals surface area contributed by atoms with Gasteiger partial charge in [0.05, 0.1) is 12.8 Å². The van der Waals surface area contributed by atoms with Gasteiger partial charge in [-0.25, -0.2) is 0 Å². The zero-order valence-electron chi connectivity index (χ0n) is 15.0. The van der Waals surface area contributed by atoms with E-state index in [9.17, 15) is 9.90 Å². The molecule has 6 nitrogen and oxygen atoms in total. The molecule has 0 aromatic carbocycles. The van der Waals surface area contributed by atoms with Crippen LogP contribution in [0.25, 0.3) is 11.3 Å². The third-order valence-corrected chi connectivity index (χ3v) is 5.70. The number of hydrogen-bond acceptors (Lipinski definition) is 5. The highest BCUT2D eigenvalue weighted by Crippen LogP contribution is 2.40. The molecule has 1 saturated heterocycles. The molecule has 140 valence electrons. The van der Waals surface area contributed by atoms with E-state index in [0.29, 0.717) is 17.6 Å². The van der Waals surface area contributed by atoms with E-state index in [1.165, 1.54) is 0 Å². The van der Waals surface area contributed by atoms with Crippen molar-refractivity contribution in [2.24, 2.45) is 5.92 Å². The highest BCUT2D eigenvalue weighted by molar-refractivity contribution is 5.61. The van der Waals surface area contributed by atoms with Crippen molar-refractivity contribution in [1.82, 2.24) is 9.47 Å². The van der Waals surface area contributed by atoms with Crippen molar-refractivity contribution >= 4 is 0 Å². The molecule has 0 amide bonds. The summed E-state index contributed by atoms with van der Waals surface area (Å²) in [4.78, 5) is 14.9. The van der Waals surface area contributed by atoms with Gasteiger partial charge in [-0.2, -0.15) is 0 Å². The molecule has 2 unspecified atom stereocenters. The Hall–Kier alpha value is -2.57. The molecule has 2 atom stereocenters. The number of furan rings is 2. The van der Waals surface area contributed by atoms with Gasteiger partial charge in [0.1, 0.15) is 23.9 Å². The summed E-state index contributed by atoms with van der Waals surface area (Å²) in [5.74, 6) is 3.02. The van der Waals surface area contributed by atoms with Crippen LogP contribution in [0, 0.1) is 5.92 Å². The van der Waals surface area contributed by atoms with Crippen molar-refractivity contribution in [3.8, 4) is 11.3 Å². The van der Waals surface area contributed by atoms with Gasteiger partial charge in [0.15, 0.2) is 0 Å². The van der Waals surface area contributed by atoms with Gasteiger partial charge in [0.25, 0.3) is 5.56 Å². The number of likely N-dealkylation sites (tertiary alicyclic amines) is 1. The summed E-state index contributed by atoms with van der Waals surface area (Å²) < 4.78 is 13.2. The van der Waals surface area contributed by atoms with Gasteiger partial charge in [0.2, 0.25) is 0 Å². The van der Waals surface area contributed by atoms with Crippen molar-refractivity contribution in [2.45, 2.75) is 32.0 Å². The molecular weight excluding hydrogens is 344 g/mol. The highest BCUT2D eigenvalue weighted by Gasteiger charge is 2.36. The highest BCUT2D eigenvalue weighted by atomic mass is 16.4. The van der Waals surface area contributed by atoms with Gasteiger partial charge in [0, 0.05) is 42.9 Å². The predicted molar refractivity (Wildman–Crippen MR) is 99.2 cm³/mol. The van der Waals surface area contributed by atoms with Crippen LogP contribution < -0.4 is 5.56 Å². The van der Waals surface area contributed by atoms with E-state index in [-0.39, 0.29) is 12.2 Å². The topological polar surface area (TPSA) is 71.8 Å². The summed E-state index contributed by atoms with van der Waals surface area (Å²) in [6, 6.07) is 11.1. The minimum absolute atomic E-state index is 0.0714. The number of hydrogen-bond donors (Lipinski definition) is 1. The van der Waals surface area contributed by atoms with Gasteiger partial charge in [-0.3, -0.25) is 9.69 Å². The molecule has 5 heterocycles. The molecule has 5 rings (SSSR count). The van der Waals surface area contributed by atoms with E-state index >= 15 is 0 Å². The normalized spacial score (nSPS) is 22.0. The van der Waals surface area contributed by atoms with Crippen LogP contribution in [-0.4, -0.2) is 27.7 Å². The van der Waals surface area contributed by atoms with Crippen molar-refractivity contribution in [2.75, 3.05) is 13.1 Å². The van der Waals surface area contributed by atoms with Crippen LogP contribution >= 0.6 is 0 Å². The molecule has 0 radical (unpaired) electrons. The number of rotatable bonds is 4. The molecule has 27 heavy (non-hydrogen) atoms. The number of aromatic nitrogens is 1. The second-order valence-corrected chi connectivity index (χ2v) is 7.58. The van der Waals surface area contributed by atoms with Crippen LogP contribution in [0.2, 0.25) is 0 Å². The van der Waals surface area contributed by atoms with Gasteiger partial charge < -0.3 is 18.5 Å². The quantitative estimate of drug-likeness (QED) is 0.769. The molecule has 1 fully saturated rings. The molecule has 0 saturated carbocycles. The molecule has 3 aromatic heterocycles. The summed E-state index contributed by atoms with van der Waals surface area (Å²) in [7, 11) is 0. The predicted octanol–water partition coefficient (Wildman–Crippen LogP) is 2.81. The Balaban J connectivity index is 1.47. The Kier molecular flexibility index (Phi) is 4.02. The molecule has 3 aromatic rings. The van der Waals surface area contributed by atoms with Gasteiger partial charge >= 0.3 is 0 Å². The first-order valence-electron chi connectivity index (χ1n) is 9.39. The lowest BCUT2D eigenvalue weighted by molar-refractivity contribution is 0.106. The van der Waals surface area contributed by atoms with Crippen LogP contribution in [0.15, 0.2) is 56.3 Å². The molecule has 0 aliphatic carbocycles. The van der Waals surface area contributed by atoms with E-state index in [1.54, 1.807) is 12.3 Å². The lowest BCUT2D eigenvalue weighted by Gasteiger charge is -2.43. The molecule has 1 N–H and O–H groups in total. The van der Waals surface area contributed by atoms with E-state index in [1.807, 2.05) is 34.9 Å². The minimum atomic E-state index is -0.0753. The number of nitrogens with zero attached hydrogens (tertiary/aromatic N) is 2. The van der Waals surface area contributed by atoms with E-state index in [2.05, 4.69) is 4.90 Å². The van der Waals surface area contributed by atoms with Crippen LogP contribution in [-0.2, 0) is 19.7 Å². The average Bonchev–Trinajstić information content (AvgIpc) is 3.34. The fourth-order valence-electron chi connectivity index (χ4n) is 4.70. The van der Waals surface area contributed by atoms with Gasteiger partial charge in [-0.05, 0) is 42.7 Å². The van der Waals surface area contributed by atoms with Crippen molar-refractivity contribution in [3.63, 3.8) is 0 Å². The van der Waals surface area contributed by atoms with E-state index < -0.39 is 0 Å². The summed E-state index contributed by atoms with van der Waals surface area (Å²) in [5.41, 5.74) is 2.18. The molecule has 2 bridgehead atoms. The maximum Gasteiger partial charge on any atom is 0.250 e. The fraction of sp³-hybridized carbons (Fsp3) is 0.381. The van der Waals surface area contributed by atoms with E-state index in [0.717, 1.165) is 55.4 Å². The van der Waals surface area contributed by atoms with Crippen molar-refractivity contribution in [1.29, 1.82) is 0 Å². The van der Waals surface area contributed by atoms with Gasteiger partial charge in [-0.15, -0.1) is 0 Å². The summed E-state index contributed by atoms with van der Waals surface area (Å²) >= 11 is 0.